The van der Waals surface area contributed by atoms with Crippen molar-refractivity contribution in [3.05, 3.63) is 0 Å². The van der Waals surface area contributed by atoms with E-state index in [2.05, 4.69) is 23.6 Å². The summed E-state index contributed by atoms with van der Waals surface area (Å²) in [5.74, 6) is 0.569. The van der Waals surface area contributed by atoms with Crippen LogP contribution in [0.5, 0.6) is 0 Å². The van der Waals surface area contributed by atoms with Gasteiger partial charge in [0.1, 0.15) is 0 Å². The lowest BCUT2D eigenvalue weighted by atomic mass is 10.1. The van der Waals surface area contributed by atoms with Crippen molar-refractivity contribution >= 4 is 6.03 Å². The second-order valence-corrected chi connectivity index (χ2v) is 6.31. The maximum absolute atomic E-state index is 12.7. The highest BCUT2D eigenvalue weighted by Crippen LogP contribution is 2.26. The summed E-state index contributed by atoms with van der Waals surface area (Å²) in [6.07, 6.45) is 8.69. The number of piperidine rings is 1. The Morgan fingerprint density at radius 2 is 1.72 bits per heavy atom. The Morgan fingerprint density at radius 1 is 1.11 bits per heavy atom. The van der Waals surface area contributed by atoms with Gasteiger partial charge in [0, 0.05) is 25.7 Å². The molecule has 2 rings (SSSR count). The maximum Gasteiger partial charge on any atom is 0.320 e. The van der Waals surface area contributed by atoms with Gasteiger partial charge >= 0.3 is 6.03 Å². The predicted molar refractivity (Wildman–Crippen MR) is 74.6 cm³/mol. The second kappa shape index (κ2) is 6.44. The van der Waals surface area contributed by atoms with E-state index in [1.54, 1.807) is 0 Å². The fourth-order valence-electron chi connectivity index (χ4n) is 3.26. The summed E-state index contributed by atoms with van der Waals surface area (Å²) in [5, 5.41) is 0. The van der Waals surface area contributed by atoms with Gasteiger partial charge in [-0.2, -0.15) is 0 Å². The number of hydrogen-bond donors (Lipinski definition) is 0. The second-order valence-electron chi connectivity index (χ2n) is 6.31. The lowest BCUT2D eigenvalue weighted by molar-refractivity contribution is 0.119. The van der Waals surface area contributed by atoms with Gasteiger partial charge < -0.3 is 9.80 Å². The summed E-state index contributed by atoms with van der Waals surface area (Å²) in [7, 11) is 0. The van der Waals surface area contributed by atoms with Crippen molar-refractivity contribution in [2.45, 2.75) is 64.8 Å². The minimum Gasteiger partial charge on any atom is -0.325 e. The van der Waals surface area contributed by atoms with Crippen LogP contribution in [0.2, 0.25) is 0 Å². The summed E-state index contributed by atoms with van der Waals surface area (Å²) in [6.45, 7) is 7.30. The Hall–Kier alpha value is -0.730. The van der Waals surface area contributed by atoms with Crippen LogP contribution in [-0.4, -0.2) is 41.5 Å². The first-order valence-corrected chi connectivity index (χ1v) is 7.74. The summed E-state index contributed by atoms with van der Waals surface area (Å²) in [5.41, 5.74) is 0. The van der Waals surface area contributed by atoms with Gasteiger partial charge in [0.2, 0.25) is 0 Å². The van der Waals surface area contributed by atoms with Gasteiger partial charge in [-0.1, -0.05) is 26.7 Å². The molecule has 1 saturated heterocycles. The van der Waals surface area contributed by atoms with Crippen molar-refractivity contribution < 1.29 is 4.79 Å². The summed E-state index contributed by atoms with van der Waals surface area (Å²) < 4.78 is 0. The van der Waals surface area contributed by atoms with Gasteiger partial charge in [-0.25, -0.2) is 4.79 Å². The average molecular weight is 252 g/mol. The van der Waals surface area contributed by atoms with E-state index in [4.69, 9.17) is 0 Å². The third kappa shape index (κ3) is 3.39. The fourth-order valence-corrected chi connectivity index (χ4v) is 3.26. The van der Waals surface area contributed by atoms with Crippen LogP contribution in [0, 0.1) is 5.92 Å². The van der Waals surface area contributed by atoms with Crippen molar-refractivity contribution in [1.82, 2.24) is 9.80 Å². The van der Waals surface area contributed by atoms with Crippen LogP contribution < -0.4 is 0 Å². The van der Waals surface area contributed by atoms with E-state index in [0.717, 1.165) is 19.6 Å². The van der Waals surface area contributed by atoms with Crippen molar-refractivity contribution in [3.8, 4) is 0 Å². The molecular formula is C15H28N2O. The summed E-state index contributed by atoms with van der Waals surface area (Å²) in [6, 6.07) is 0.831. The largest absolute Gasteiger partial charge is 0.325 e. The number of hydrogen-bond acceptors (Lipinski definition) is 1. The lowest BCUT2D eigenvalue weighted by Gasteiger charge is -2.37. The standard InChI is InChI=1S/C15H28N2O/c1-13(2)12-17(14-8-4-5-9-14)15(18)16-10-6-3-7-11-16/h13-14H,3-12H2,1-2H3. The monoisotopic (exact) mass is 252 g/mol. The molecular weight excluding hydrogens is 224 g/mol. The predicted octanol–water partition coefficient (Wildman–Crippen LogP) is 3.49. The highest BCUT2D eigenvalue weighted by atomic mass is 16.2. The minimum atomic E-state index is 0.315. The van der Waals surface area contributed by atoms with Crippen molar-refractivity contribution in [3.63, 3.8) is 0 Å². The van der Waals surface area contributed by atoms with Gasteiger partial charge in [-0.15, -0.1) is 0 Å². The molecule has 0 unspecified atom stereocenters. The molecule has 0 aromatic rings. The molecule has 18 heavy (non-hydrogen) atoms. The first kappa shape index (κ1) is 13.7. The Bertz CT molecular complexity index is 266. The Kier molecular flexibility index (Phi) is 4.90. The average Bonchev–Trinajstić information content (AvgIpc) is 2.89. The molecule has 0 atom stereocenters. The van der Waals surface area contributed by atoms with Gasteiger partial charge in [-0.3, -0.25) is 0 Å². The molecule has 1 aliphatic heterocycles. The van der Waals surface area contributed by atoms with Gasteiger partial charge in [0.15, 0.2) is 0 Å². The molecule has 2 aliphatic rings. The number of carbonyl (C=O) groups is 1. The zero-order valence-corrected chi connectivity index (χ0v) is 12.0. The van der Waals surface area contributed by atoms with Crippen LogP contribution in [0.4, 0.5) is 4.79 Å². The van der Waals surface area contributed by atoms with E-state index < -0.39 is 0 Å². The van der Waals surface area contributed by atoms with Crippen molar-refractivity contribution in [1.29, 1.82) is 0 Å². The molecule has 3 nitrogen and oxygen atoms in total. The molecule has 1 aliphatic carbocycles. The number of nitrogens with zero attached hydrogens (tertiary/aromatic N) is 2. The van der Waals surface area contributed by atoms with Gasteiger partial charge in [0.25, 0.3) is 0 Å². The molecule has 2 amide bonds. The summed E-state index contributed by atoms with van der Waals surface area (Å²) in [4.78, 5) is 16.9. The number of carbonyl (C=O) groups excluding carboxylic acids is 1. The van der Waals surface area contributed by atoms with Crippen LogP contribution >= 0.6 is 0 Å². The molecule has 0 bridgehead atoms. The van der Waals surface area contributed by atoms with Crippen LogP contribution in [0.1, 0.15) is 58.8 Å². The third-order valence-corrected chi connectivity index (χ3v) is 4.20. The number of urea groups is 1. The van der Waals surface area contributed by atoms with E-state index in [1.807, 2.05) is 0 Å². The molecule has 0 aromatic carbocycles. The lowest BCUT2D eigenvalue weighted by Crippen LogP contribution is -2.50. The van der Waals surface area contributed by atoms with Gasteiger partial charge in [0.05, 0.1) is 0 Å². The van der Waals surface area contributed by atoms with E-state index in [1.165, 1.54) is 44.9 Å². The van der Waals surface area contributed by atoms with E-state index in [9.17, 15) is 4.79 Å². The third-order valence-electron chi connectivity index (χ3n) is 4.20. The molecule has 0 radical (unpaired) electrons. The highest BCUT2D eigenvalue weighted by molar-refractivity contribution is 5.75. The topological polar surface area (TPSA) is 23.6 Å². The smallest absolute Gasteiger partial charge is 0.320 e. The summed E-state index contributed by atoms with van der Waals surface area (Å²) >= 11 is 0. The highest BCUT2D eigenvalue weighted by Gasteiger charge is 2.30. The molecule has 0 spiro atoms. The Morgan fingerprint density at radius 3 is 2.28 bits per heavy atom. The van der Waals surface area contributed by atoms with Crippen LogP contribution in [-0.2, 0) is 0 Å². The normalized spacial score (nSPS) is 21.6. The Labute approximate surface area is 112 Å². The van der Waals surface area contributed by atoms with Crippen molar-refractivity contribution in [2.75, 3.05) is 19.6 Å². The maximum atomic E-state index is 12.7. The molecule has 1 saturated carbocycles. The van der Waals surface area contributed by atoms with Crippen LogP contribution in [0.3, 0.4) is 0 Å². The fraction of sp³-hybridized carbons (Fsp3) is 0.933. The van der Waals surface area contributed by atoms with Crippen LogP contribution in [0.15, 0.2) is 0 Å². The van der Waals surface area contributed by atoms with Crippen LogP contribution in [0.25, 0.3) is 0 Å². The van der Waals surface area contributed by atoms with E-state index in [-0.39, 0.29) is 0 Å². The zero-order chi connectivity index (χ0) is 13.0. The van der Waals surface area contributed by atoms with E-state index in [0.29, 0.717) is 18.0 Å². The molecule has 3 heteroatoms. The minimum absolute atomic E-state index is 0.315. The molecule has 0 N–H and O–H groups in total. The molecule has 0 aromatic heterocycles. The van der Waals surface area contributed by atoms with Gasteiger partial charge in [-0.05, 0) is 38.0 Å². The molecule has 1 heterocycles. The molecule has 104 valence electrons. The SMILES string of the molecule is CC(C)CN(C(=O)N1CCCCC1)C1CCCC1. The first-order chi connectivity index (χ1) is 8.68. The first-order valence-electron chi connectivity index (χ1n) is 7.74. The molecule has 2 fully saturated rings. The number of rotatable bonds is 3. The number of amides is 2. The Balaban J connectivity index is 1.99. The number of likely N-dealkylation sites (tertiary alicyclic amines) is 1. The quantitative estimate of drug-likeness (QED) is 0.754. The van der Waals surface area contributed by atoms with E-state index >= 15 is 0 Å². The zero-order valence-electron chi connectivity index (χ0n) is 12.0. The van der Waals surface area contributed by atoms with Crippen molar-refractivity contribution in [2.24, 2.45) is 5.92 Å².